The zero-order valence-electron chi connectivity index (χ0n) is 45.1. The van der Waals surface area contributed by atoms with E-state index in [2.05, 4.69) is 63.9 Å². The third-order valence-corrected chi connectivity index (χ3v) is 11.4. The van der Waals surface area contributed by atoms with Gasteiger partial charge >= 0.3 is 5.97 Å². The van der Waals surface area contributed by atoms with Crippen LogP contribution in [0, 0.1) is 34.1 Å². The topological polar surface area (TPSA) is 274 Å². The van der Waals surface area contributed by atoms with Gasteiger partial charge in [0.15, 0.2) is 0 Å². The van der Waals surface area contributed by atoms with Crippen molar-refractivity contribution >= 4 is 91.1 Å². The van der Waals surface area contributed by atoms with Gasteiger partial charge < -0.3 is 29.1 Å². The molecular weight excluding hydrogens is 1040 g/mol. The Hall–Kier alpha value is -9.41. The Kier molecular flexibility index (Phi) is 24.8. The van der Waals surface area contributed by atoms with Crippen molar-refractivity contribution in [2.45, 2.75) is 41.5 Å². The third-order valence-electron chi connectivity index (χ3n) is 11.1. The van der Waals surface area contributed by atoms with Crippen molar-refractivity contribution in [1.29, 1.82) is 0 Å². The highest BCUT2D eigenvalue weighted by atomic mass is 35.5. The second-order valence-electron chi connectivity index (χ2n) is 16.9. The number of aliphatic hydroxyl groups is 1. The first-order chi connectivity index (χ1) is 37.8. The number of non-ortho nitro benzene ring substituents is 2. The van der Waals surface area contributed by atoms with Gasteiger partial charge in [-0.2, -0.15) is 30.7 Å². The standard InChI is InChI=1S/C28H30N6O5.C24H26N6O4.C4H5ClO/c1-6-33(15-16-39-28(35)19(2)3)23-11-7-21(8-12-23)30-32-26-17-20(4)25(18-27(26)38-5)31-29-22-9-13-24(14-10-22)34(36)37;1-4-29(13-14-31)20-9-5-18(6-10-20)26-28-23-15-17(2)22(16-24(23)34-3)27-25-19-7-11-21(12-8-19)30(32)33;1-3(2)4(5)6/h7-14,17-18H,2,6,15-16H2,1,3-5H3;5-12,15-16,31H,4,13-14H2,1-3H3;1H2,2H3. The number of likely N-dealkylation sites (N-methyl/N-ethyl adjacent to an activating group) is 2. The number of rotatable bonds is 23. The van der Waals surface area contributed by atoms with Gasteiger partial charge in [0.1, 0.15) is 29.5 Å². The minimum atomic E-state index is -0.468. The van der Waals surface area contributed by atoms with E-state index in [9.17, 15) is 34.9 Å². The van der Waals surface area contributed by atoms with Crippen LogP contribution in [0.4, 0.5) is 68.2 Å². The van der Waals surface area contributed by atoms with Crippen molar-refractivity contribution in [2.75, 3.05) is 63.4 Å². The lowest BCUT2D eigenvalue weighted by Gasteiger charge is -2.22. The van der Waals surface area contributed by atoms with Gasteiger partial charge in [-0.15, -0.1) is 10.2 Å². The monoisotopic (exact) mass is 1100 g/mol. The first-order valence-electron chi connectivity index (χ1n) is 24.3. The maximum atomic E-state index is 11.6. The molecule has 0 fully saturated rings. The Morgan fingerprint density at radius 1 is 0.557 bits per heavy atom. The number of nitrogens with zero attached hydrogens (tertiary/aromatic N) is 12. The fourth-order valence-corrected chi connectivity index (χ4v) is 6.64. The van der Waals surface area contributed by atoms with Gasteiger partial charge in [0.25, 0.3) is 11.4 Å². The number of nitro groups is 2. The molecule has 1 N–H and O–H groups in total. The minimum absolute atomic E-state index is 0.00555. The number of methoxy groups -OCH3 is 2. The molecule has 23 heteroatoms. The Morgan fingerprint density at radius 3 is 1.18 bits per heavy atom. The number of carbonyl (C=O) groups is 2. The first-order valence-corrected chi connectivity index (χ1v) is 24.7. The zero-order valence-corrected chi connectivity index (χ0v) is 45.8. The van der Waals surface area contributed by atoms with E-state index in [4.69, 9.17) is 25.8 Å². The smallest absolute Gasteiger partial charge is 0.333 e. The van der Waals surface area contributed by atoms with Crippen LogP contribution in [0.15, 0.2) is 187 Å². The summed E-state index contributed by atoms with van der Waals surface area (Å²) in [4.78, 5) is 46.2. The van der Waals surface area contributed by atoms with E-state index in [0.29, 0.717) is 81.2 Å². The number of aryl methyl sites for hydroxylation is 2. The van der Waals surface area contributed by atoms with Crippen molar-refractivity contribution in [2.24, 2.45) is 40.9 Å². The number of azo groups is 4. The molecule has 6 aromatic carbocycles. The number of benzene rings is 6. The molecule has 0 amide bonds. The predicted molar refractivity (Wildman–Crippen MR) is 306 cm³/mol. The summed E-state index contributed by atoms with van der Waals surface area (Å²) in [5.41, 5.74) is 8.90. The van der Waals surface area contributed by atoms with Crippen LogP contribution in [0.1, 0.15) is 38.8 Å². The number of carbonyl (C=O) groups excluding carboxylic acids is 2. The maximum absolute atomic E-state index is 11.6. The van der Waals surface area contributed by atoms with Crippen LogP contribution in [-0.4, -0.2) is 79.8 Å². The second-order valence-corrected chi connectivity index (χ2v) is 17.2. The normalized spacial score (nSPS) is 10.9. The minimum Gasteiger partial charge on any atom is -0.494 e. The first kappa shape index (κ1) is 62.1. The Bertz CT molecular complexity index is 3180. The summed E-state index contributed by atoms with van der Waals surface area (Å²) < 4.78 is 16.1. The lowest BCUT2D eigenvalue weighted by molar-refractivity contribution is -0.385. The highest BCUT2D eigenvalue weighted by Crippen LogP contribution is 2.38. The van der Waals surface area contributed by atoms with Crippen molar-refractivity contribution in [3.63, 3.8) is 0 Å². The number of esters is 1. The van der Waals surface area contributed by atoms with E-state index in [1.54, 1.807) is 38.1 Å². The highest BCUT2D eigenvalue weighted by molar-refractivity contribution is 6.67. The quantitative estimate of drug-likeness (QED) is 0.0157. The number of hydrogen-bond acceptors (Lipinski definition) is 20. The molecule has 79 heavy (non-hydrogen) atoms. The largest absolute Gasteiger partial charge is 0.494 e. The predicted octanol–water partition coefficient (Wildman–Crippen LogP) is 15.6. The average Bonchev–Trinajstić information content (AvgIpc) is 3.44. The SMILES string of the molecule is C=C(C)C(=O)Cl.C=C(C)C(=O)OCCN(CC)c1ccc(N=Nc2cc(C)c(N=Nc3ccc([N+](=O)[O-])cc3)cc2OC)cc1.CCN(CCO)c1ccc(N=Nc2cc(C)c(N=Nc3ccc([N+](=O)[O-])cc3)cc2OC)cc1. The van der Waals surface area contributed by atoms with Gasteiger partial charge in [0, 0.05) is 78.6 Å². The number of allylic oxidation sites excluding steroid dienone is 1. The summed E-state index contributed by atoms with van der Waals surface area (Å²) in [7, 11) is 3.07. The molecule has 0 unspecified atom stereocenters. The van der Waals surface area contributed by atoms with E-state index in [0.717, 1.165) is 35.6 Å². The van der Waals surface area contributed by atoms with Crippen molar-refractivity contribution in [3.8, 4) is 11.5 Å². The summed E-state index contributed by atoms with van der Waals surface area (Å²) in [5, 5.41) is 64.5. The van der Waals surface area contributed by atoms with Gasteiger partial charge in [-0.25, -0.2) is 4.79 Å². The lowest BCUT2D eigenvalue weighted by Crippen LogP contribution is -2.28. The average molecular weight is 1100 g/mol. The van der Waals surface area contributed by atoms with Gasteiger partial charge in [-0.1, -0.05) is 13.2 Å². The number of halogens is 1. The highest BCUT2D eigenvalue weighted by Gasteiger charge is 2.13. The molecule has 0 saturated carbocycles. The van der Waals surface area contributed by atoms with Crippen molar-refractivity contribution in [3.05, 3.63) is 177 Å². The summed E-state index contributed by atoms with van der Waals surface area (Å²) >= 11 is 4.87. The number of anilines is 2. The molecule has 0 spiro atoms. The van der Waals surface area contributed by atoms with Crippen molar-refractivity contribution in [1.82, 2.24) is 0 Å². The molecule has 6 aromatic rings. The zero-order chi connectivity index (χ0) is 58.0. The molecule has 0 aromatic heterocycles. The molecule has 0 aliphatic rings. The van der Waals surface area contributed by atoms with Crippen LogP contribution in [0.5, 0.6) is 11.5 Å². The van der Waals surface area contributed by atoms with Gasteiger partial charge in [-0.05, 0) is 149 Å². The molecule has 412 valence electrons. The summed E-state index contributed by atoms with van der Waals surface area (Å²) in [6, 6.07) is 33.9. The van der Waals surface area contributed by atoms with Crippen LogP contribution in [0.2, 0.25) is 0 Å². The van der Waals surface area contributed by atoms with Crippen LogP contribution in [0.25, 0.3) is 0 Å². The van der Waals surface area contributed by atoms with Gasteiger partial charge in [0.05, 0.1) is 71.3 Å². The molecule has 0 radical (unpaired) electrons. The van der Waals surface area contributed by atoms with Crippen LogP contribution >= 0.6 is 11.6 Å². The maximum Gasteiger partial charge on any atom is 0.333 e. The summed E-state index contributed by atoms with van der Waals surface area (Å²) in [5.74, 6) is 0.567. The van der Waals surface area contributed by atoms with E-state index >= 15 is 0 Å². The molecule has 0 aliphatic heterocycles. The molecule has 0 atom stereocenters. The van der Waals surface area contributed by atoms with Gasteiger partial charge in [-0.3, -0.25) is 25.0 Å². The molecule has 22 nitrogen and oxygen atoms in total. The van der Waals surface area contributed by atoms with E-state index in [1.807, 2.05) is 76.2 Å². The summed E-state index contributed by atoms with van der Waals surface area (Å²) in [6.07, 6.45) is 0. The molecule has 0 aliphatic carbocycles. The lowest BCUT2D eigenvalue weighted by atomic mass is 10.1. The number of nitro benzene ring substituents is 2. The van der Waals surface area contributed by atoms with Gasteiger partial charge in [0.2, 0.25) is 5.24 Å². The molecule has 0 saturated heterocycles. The van der Waals surface area contributed by atoms with Crippen molar-refractivity contribution < 1.29 is 38.8 Å². The molecule has 0 heterocycles. The Labute approximate surface area is 462 Å². The van der Waals surface area contributed by atoms with E-state index < -0.39 is 21.1 Å². The molecule has 0 bridgehead atoms. The molecular formula is C56H61ClN12O10. The Morgan fingerprint density at radius 2 is 0.886 bits per heavy atom. The fourth-order valence-electron chi connectivity index (χ4n) is 6.64. The fraction of sp³-hybridized carbons (Fsp3) is 0.250. The Balaban J connectivity index is 0.000000311. The second kappa shape index (κ2) is 31.6. The van der Waals surface area contributed by atoms with E-state index in [-0.39, 0.29) is 24.6 Å². The van der Waals surface area contributed by atoms with Crippen LogP contribution in [0.3, 0.4) is 0 Å². The summed E-state index contributed by atoms with van der Waals surface area (Å²) in [6.45, 7) is 20.9. The molecule has 6 rings (SSSR count). The van der Waals surface area contributed by atoms with E-state index in [1.165, 1.54) is 62.8 Å². The number of hydrogen-bond donors (Lipinski definition) is 1. The van der Waals surface area contributed by atoms with Crippen LogP contribution in [-0.2, 0) is 14.3 Å². The third kappa shape index (κ3) is 19.9. The number of aliphatic hydroxyl groups excluding tert-OH is 1. The van der Waals surface area contributed by atoms with Crippen LogP contribution < -0.4 is 19.3 Å². The number of ether oxygens (including phenoxy) is 3.